The van der Waals surface area contributed by atoms with Crippen molar-refractivity contribution in [3.05, 3.63) is 82.0 Å². The van der Waals surface area contributed by atoms with Gasteiger partial charge in [0.05, 0.1) is 31.7 Å². The van der Waals surface area contributed by atoms with Crippen molar-refractivity contribution in [3.8, 4) is 17.2 Å². The number of methoxy groups -OCH3 is 2. The van der Waals surface area contributed by atoms with Crippen molar-refractivity contribution in [2.24, 2.45) is 17.8 Å². The number of hydrogen-bond donors (Lipinski definition) is 1. The summed E-state index contributed by atoms with van der Waals surface area (Å²) in [6.07, 6.45) is 4.70. The highest BCUT2D eigenvalue weighted by molar-refractivity contribution is 6.25. The molecule has 2 amide bonds. The SMILES string of the molecule is CCc1ccc(N2C(=O)[C@H]3[C@H](CC=C4[C@H](c5cc(OC)c(O)c(OC)c5)C5=C(C[C@H]43)C(=O)C(C)=CC5=O)C2=O)cc1. The molecule has 8 heteroatoms. The molecule has 2 aromatic rings. The minimum Gasteiger partial charge on any atom is -0.502 e. The van der Waals surface area contributed by atoms with Crippen molar-refractivity contribution in [1.82, 2.24) is 0 Å². The summed E-state index contributed by atoms with van der Waals surface area (Å²) < 4.78 is 10.8. The van der Waals surface area contributed by atoms with Gasteiger partial charge in [-0.1, -0.05) is 30.7 Å². The zero-order valence-electron chi connectivity index (χ0n) is 23.4. The summed E-state index contributed by atoms with van der Waals surface area (Å²) in [5, 5.41) is 10.6. The van der Waals surface area contributed by atoms with E-state index >= 15 is 0 Å². The maximum Gasteiger partial charge on any atom is 0.238 e. The normalized spacial score (nSPS) is 25.4. The van der Waals surface area contributed by atoms with Crippen LogP contribution in [0.1, 0.15) is 43.7 Å². The van der Waals surface area contributed by atoms with E-state index in [4.69, 9.17) is 9.47 Å². The number of phenols is 1. The topological polar surface area (TPSA) is 110 Å². The Balaban J connectivity index is 1.49. The Morgan fingerprint density at radius 3 is 2.22 bits per heavy atom. The van der Waals surface area contributed by atoms with Crippen molar-refractivity contribution < 1.29 is 33.8 Å². The molecule has 1 heterocycles. The number of allylic oxidation sites excluding steroid dienone is 6. The molecule has 8 nitrogen and oxygen atoms in total. The summed E-state index contributed by atoms with van der Waals surface area (Å²) >= 11 is 0. The van der Waals surface area contributed by atoms with Crippen LogP contribution >= 0.6 is 0 Å². The fourth-order valence-corrected chi connectivity index (χ4v) is 6.98. The van der Waals surface area contributed by atoms with E-state index < -0.39 is 23.7 Å². The lowest BCUT2D eigenvalue weighted by Crippen LogP contribution is -2.39. The number of ether oxygens (including phenoxy) is 2. The van der Waals surface area contributed by atoms with E-state index in [9.17, 15) is 24.3 Å². The number of aromatic hydroxyl groups is 1. The molecule has 1 saturated heterocycles. The Kier molecular flexibility index (Phi) is 6.44. The van der Waals surface area contributed by atoms with Gasteiger partial charge in [-0.25, -0.2) is 0 Å². The maximum absolute atomic E-state index is 14.0. The first kappa shape index (κ1) is 26.7. The first-order valence-corrected chi connectivity index (χ1v) is 13.8. The Bertz CT molecular complexity index is 1590. The van der Waals surface area contributed by atoms with Crippen molar-refractivity contribution in [2.45, 2.75) is 39.0 Å². The van der Waals surface area contributed by atoms with Crippen molar-refractivity contribution in [1.29, 1.82) is 0 Å². The summed E-state index contributed by atoms with van der Waals surface area (Å²) in [5.41, 5.74) is 4.14. The van der Waals surface area contributed by atoms with E-state index in [-0.39, 0.29) is 47.1 Å². The van der Waals surface area contributed by atoms with Crippen LogP contribution in [0.4, 0.5) is 5.69 Å². The fourth-order valence-electron chi connectivity index (χ4n) is 6.98. The number of aryl methyl sites for hydroxylation is 1. The second kappa shape index (κ2) is 9.87. The van der Waals surface area contributed by atoms with Gasteiger partial charge in [0.1, 0.15) is 0 Å². The molecule has 4 aliphatic rings. The van der Waals surface area contributed by atoms with Gasteiger partial charge in [0.25, 0.3) is 0 Å². The minimum absolute atomic E-state index is 0.160. The number of carbonyl (C=O) groups excluding carboxylic acids is 4. The van der Waals surface area contributed by atoms with Crippen LogP contribution in [0.2, 0.25) is 0 Å². The molecule has 2 aromatic carbocycles. The quantitative estimate of drug-likeness (QED) is 0.327. The van der Waals surface area contributed by atoms with Crippen LogP contribution in [-0.2, 0) is 25.6 Å². The fraction of sp³-hybridized carbons (Fsp3) is 0.333. The second-order valence-electron chi connectivity index (χ2n) is 11.0. The molecule has 3 aliphatic carbocycles. The molecule has 0 saturated carbocycles. The molecular weight excluding hydrogens is 522 g/mol. The second-order valence-corrected chi connectivity index (χ2v) is 11.0. The van der Waals surface area contributed by atoms with Gasteiger partial charge in [0.15, 0.2) is 23.1 Å². The lowest BCUT2D eigenvalue weighted by atomic mass is 9.59. The zero-order valence-corrected chi connectivity index (χ0v) is 23.4. The number of rotatable bonds is 5. The van der Waals surface area contributed by atoms with Crippen LogP contribution in [0.3, 0.4) is 0 Å². The van der Waals surface area contributed by atoms with E-state index in [0.717, 1.165) is 17.6 Å². The van der Waals surface area contributed by atoms with E-state index in [1.807, 2.05) is 25.1 Å². The van der Waals surface area contributed by atoms with Gasteiger partial charge < -0.3 is 14.6 Å². The van der Waals surface area contributed by atoms with E-state index in [1.165, 1.54) is 25.2 Å². The van der Waals surface area contributed by atoms with Gasteiger partial charge in [-0.15, -0.1) is 0 Å². The number of fused-ring (bicyclic) bond motifs is 3. The molecule has 41 heavy (non-hydrogen) atoms. The summed E-state index contributed by atoms with van der Waals surface area (Å²) in [6.45, 7) is 3.66. The molecule has 4 atom stereocenters. The average molecular weight is 554 g/mol. The number of phenolic OH excluding ortho intramolecular Hbond substituents is 1. The molecule has 0 bridgehead atoms. The van der Waals surface area contributed by atoms with Crippen molar-refractivity contribution in [2.75, 3.05) is 19.1 Å². The maximum atomic E-state index is 14.0. The number of anilines is 1. The lowest BCUT2D eigenvalue weighted by Gasteiger charge is -2.42. The van der Waals surface area contributed by atoms with E-state index in [2.05, 4.69) is 0 Å². The molecule has 1 N–H and O–H groups in total. The first-order chi connectivity index (χ1) is 19.7. The van der Waals surface area contributed by atoms with Crippen LogP contribution in [-0.4, -0.2) is 42.7 Å². The van der Waals surface area contributed by atoms with Gasteiger partial charge in [-0.05, 0) is 73.6 Å². The predicted molar refractivity (Wildman–Crippen MR) is 151 cm³/mol. The third-order valence-corrected chi connectivity index (χ3v) is 9.00. The minimum atomic E-state index is -0.672. The smallest absolute Gasteiger partial charge is 0.238 e. The highest BCUT2D eigenvalue weighted by Gasteiger charge is 2.56. The van der Waals surface area contributed by atoms with Crippen LogP contribution in [0.25, 0.3) is 0 Å². The highest BCUT2D eigenvalue weighted by atomic mass is 16.5. The average Bonchev–Trinajstić information content (AvgIpc) is 3.24. The lowest BCUT2D eigenvalue weighted by molar-refractivity contribution is -0.123. The predicted octanol–water partition coefficient (Wildman–Crippen LogP) is 4.61. The zero-order chi connectivity index (χ0) is 29.2. The molecule has 0 spiro atoms. The van der Waals surface area contributed by atoms with Gasteiger partial charge in [0.2, 0.25) is 17.6 Å². The van der Waals surface area contributed by atoms with Gasteiger partial charge in [-0.3, -0.25) is 24.1 Å². The number of carbonyl (C=O) groups is 4. The number of ketones is 2. The Labute approximate surface area is 237 Å². The van der Waals surface area contributed by atoms with Gasteiger partial charge >= 0.3 is 0 Å². The van der Waals surface area contributed by atoms with Gasteiger partial charge in [-0.2, -0.15) is 0 Å². The molecule has 210 valence electrons. The number of imide groups is 1. The third-order valence-electron chi connectivity index (χ3n) is 9.00. The number of Topliss-reactive ketones (excluding diaryl/α,β-unsaturated/α-hetero) is 1. The largest absolute Gasteiger partial charge is 0.502 e. The third kappa shape index (κ3) is 3.96. The molecular formula is C33H31NO7. The van der Waals surface area contributed by atoms with Crippen LogP contribution in [0.15, 0.2) is 70.8 Å². The molecule has 0 radical (unpaired) electrons. The molecule has 6 rings (SSSR count). The summed E-state index contributed by atoms with van der Waals surface area (Å²) in [4.78, 5) is 56.0. The Morgan fingerprint density at radius 2 is 1.61 bits per heavy atom. The van der Waals surface area contributed by atoms with E-state index in [0.29, 0.717) is 34.4 Å². The molecule has 0 aromatic heterocycles. The summed E-state index contributed by atoms with van der Waals surface area (Å²) in [6, 6.07) is 10.7. The Morgan fingerprint density at radius 1 is 0.951 bits per heavy atom. The summed E-state index contributed by atoms with van der Waals surface area (Å²) in [7, 11) is 2.84. The molecule has 1 aliphatic heterocycles. The highest BCUT2D eigenvalue weighted by Crippen LogP contribution is 2.56. The van der Waals surface area contributed by atoms with Crippen LogP contribution < -0.4 is 14.4 Å². The van der Waals surface area contributed by atoms with Crippen molar-refractivity contribution in [3.63, 3.8) is 0 Å². The number of nitrogens with zero attached hydrogens (tertiary/aromatic N) is 1. The number of hydrogen-bond acceptors (Lipinski definition) is 7. The van der Waals surface area contributed by atoms with Crippen LogP contribution in [0, 0.1) is 17.8 Å². The van der Waals surface area contributed by atoms with Crippen LogP contribution in [0.5, 0.6) is 17.2 Å². The number of amides is 2. The molecule has 0 unspecified atom stereocenters. The van der Waals surface area contributed by atoms with Crippen molar-refractivity contribution >= 4 is 29.1 Å². The van der Waals surface area contributed by atoms with Gasteiger partial charge in [0, 0.05) is 22.6 Å². The monoisotopic (exact) mass is 553 g/mol. The Hall–Kier alpha value is -4.46. The first-order valence-electron chi connectivity index (χ1n) is 13.8. The molecule has 1 fully saturated rings. The summed E-state index contributed by atoms with van der Waals surface area (Å²) in [5.74, 6) is -3.23. The number of benzene rings is 2. The standard InChI is InChI=1S/C33H31NO7/c1-5-17-6-8-19(9-7-17)34-32(38)21-11-10-20-22(28(21)33(34)39)15-23-29(24(35)12-16(2)30(23)36)27(20)18-13-25(40-3)31(37)26(14-18)41-4/h6-10,12-14,21-22,27-28,37H,5,11,15H2,1-4H3/t21-,22+,27-,28-/m0/s1. The van der Waals surface area contributed by atoms with E-state index in [1.54, 1.807) is 31.2 Å².